The largest absolute Gasteiger partial charge is 0.490 e. The van der Waals surface area contributed by atoms with Crippen LogP contribution >= 0.6 is 23.5 Å². The predicted molar refractivity (Wildman–Crippen MR) is 103 cm³/mol. The molecule has 7 atom stereocenters. The molecule has 0 spiro atoms. The van der Waals surface area contributed by atoms with E-state index in [1.54, 1.807) is 0 Å². The number of aliphatic hydroxyl groups is 1. The van der Waals surface area contributed by atoms with Gasteiger partial charge in [0.1, 0.15) is 18.0 Å². The van der Waals surface area contributed by atoms with Crippen LogP contribution in [-0.2, 0) is 31.6 Å². The van der Waals surface area contributed by atoms with Gasteiger partial charge in [-0.3, -0.25) is 9.09 Å². The van der Waals surface area contributed by atoms with Gasteiger partial charge in [0.2, 0.25) is 0 Å². The van der Waals surface area contributed by atoms with E-state index in [0.29, 0.717) is 0 Å². The second-order valence-electron chi connectivity index (χ2n) is 6.42. The number of hydrogen-bond acceptors (Lipinski definition) is 12. The highest BCUT2D eigenvalue weighted by atomic mass is 31.3. The van der Waals surface area contributed by atoms with Gasteiger partial charge in [-0.1, -0.05) is 5.92 Å². The summed E-state index contributed by atoms with van der Waals surface area (Å²) in [7, 11) is -16.9. The molecule has 9 N–H and O–H groups in total. The summed E-state index contributed by atoms with van der Waals surface area (Å²) in [6.45, 7) is 1.04. The number of rotatable bonds is 8. The van der Waals surface area contributed by atoms with E-state index < -0.39 is 59.2 Å². The highest BCUT2D eigenvalue weighted by Gasteiger charge is 2.57. The normalized spacial score (nSPS) is 30.8. The number of nitrogens with zero attached hydrogens (tertiary/aromatic N) is 2. The van der Waals surface area contributed by atoms with Crippen molar-refractivity contribution in [3.63, 3.8) is 0 Å². The Morgan fingerprint density at radius 3 is 2.38 bits per heavy atom. The molecule has 1 aromatic rings. The first kappa shape index (κ1) is 26.8. The minimum atomic E-state index is -5.77. The number of anilines is 1. The molecule has 2 heterocycles. The first-order chi connectivity index (χ1) is 14.4. The number of nitrogens with two attached hydrogens (primary N) is 2. The quantitative estimate of drug-likeness (QED) is 0.146. The average molecular weight is 520 g/mol. The van der Waals surface area contributed by atoms with Crippen molar-refractivity contribution in [3.8, 4) is 12.3 Å². The van der Waals surface area contributed by atoms with E-state index in [1.165, 1.54) is 6.07 Å². The number of phosphoric ester groups is 1. The number of aliphatic hydroxyl groups excluding tert-OH is 1. The van der Waals surface area contributed by atoms with E-state index in [2.05, 4.69) is 24.0 Å². The summed E-state index contributed by atoms with van der Waals surface area (Å²) in [5.41, 5.74) is 8.38. The van der Waals surface area contributed by atoms with E-state index in [1.807, 2.05) is 0 Å². The molecule has 1 aliphatic rings. The average Bonchev–Trinajstić information content (AvgIpc) is 2.84. The van der Waals surface area contributed by atoms with E-state index in [0.717, 1.165) is 17.7 Å². The molecule has 0 aromatic carbocycles. The van der Waals surface area contributed by atoms with Gasteiger partial charge in [0.05, 0.1) is 6.10 Å². The summed E-state index contributed by atoms with van der Waals surface area (Å²) < 4.78 is 52.2. The summed E-state index contributed by atoms with van der Waals surface area (Å²) in [4.78, 5) is 51.5. The zero-order chi connectivity index (χ0) is 24.7. The molecule has 0 radical (unpaired) electrons. The van der Waals surface area contributed by atoms with Crippen LogP contribution in [0.15, 0.2) is 17.1 Å². The van der Waals surface area contributed by atoms with Gasteiger partial charge in [0, 0.05) is 6.20 Å². The van der Waals surface area contributed by atoms with Crippen molar-refractivity contribution in [2.75, 3.05) is 5.73 Å². The zero-order valence-electron chi connectivity index (χ0n) is 15.9. The van der Waals surface area contributed by atoms with Crippen LogP contribution in [0.2, 0.25) is 0 Å². The number of nitrogen functional groups attached to an aromatic ring is 1. The topological polar surface area (TPSA) is 276 Å². The second-order valence-corrected chi connectivity index (χ2v) is 10.8. The van der Waals surface area contributed by atoms with Crippen molar-refractivity contribution >= 4 is 29.3 Å². The third-order valence-corrected chi connectivity index (χ3v) is 7.95. The number of phosphoric acid groups is 3. The number of terminal acetylenes is 1. The van der Waals surface area contributed by atoms with Crippen LogP contribution in [0.5, 0.6) is 0 Å². The molecule has 32 heavy (non-hydrogen) atoms. The third kappa shape index (κ3) is 6.10. The van der Waals surface area contributed by atoms with Gasteiger partial charge >= 0.3 is 29.2 Å². The van der Waals surface area contributed by atoms with Gasteiger partial charge in [-0.15, -0.1) is 6.42 Å². The lowest BCUT2D eigenvalue weighted by atomic mass is 9.90. The van der Waals surface area contributed by atoms with Gasteiger partial charge in [-0.2, -0.15) is 13.6 Å². The van der Waals surface area contributed by atoms with Crippen LogP contribution in [0, 0.1) is 12.3 Å². The highest BCUT2D eigenvalue weighted by molar-refractivity contribution is 7.66. The molecular formula is C12H19N4O13P3. The van der Waals surface area contributed by atoms with Crippen LogP contribution in [0.1, 0.15) is 13.2 Å². The Morgan fingerprint density at radius 1 is 1.28 bits per heavy atom. The van der Waals surface area contributed by atoms with Gasteiger partial charge in [-0.25, -0.2) is 18.5 Å². The number of aromatic nitrogens is 2. The minimum absolute atomic E-state index is 0.134. The van der Waals surface area contributed by atoms with Crippen LogP contribution < -0.4 is 17.2 Å². The summed E-state index contributed by atoms with van der Waals surface area (Å²) in [6, 6.07) is 1.21. The molecule has 20 heteroatoms. The van der Waals surface area contributed by atoms with Gasteiger partial charge < -0.3 is 40.9 Å². The van der Waals surface area contributed by atoms with E-state index in [9.17, 15) is 33.4 Å². The second kappa shape index (κ2) is 9.05. The van der Waals surface area contributed by atoms with Crippen LogP contribution in [-0.4, -0.2) is 58.1 Å². The van der Waals surface area contributed by atoms with E-state index >= 15 is 0 Å². The van der Waals surface area contributed by atoms with Crippen molar-refractivity contribution in [1.29, 1.82) is 0 Å². The Kier molecular flexibility index (Phi) is 7.58. The van der Waals surface area contributed by atoms with Crippen molar-refractivity contribution in [2.24, 2.45) is 5.73 Å². The summed E-state index contributed by atoms with van der Waals surface area (Å²) in [5.74, 6) is 1.93. The van der Waals surface area contributed by atoms with Crippen molar-refractivity contribution < 1.29 is 56.3 Å². The smallest absolute Gasteiger partial charge is 0.387 e. The van der Waals surface area contributed by atoms with Crippen molar-refractivity contribution in [2.45, 2.75) is 37.0 Å². The molecule has 0 amide bonds. The Labute approximate surface area is 179 Å². The van der Waals surface area contributed by atoms with Crippen molar-refractivity contribution in [1.82, 2.24) is 9.55 Å². The lowest BCUT2D eigenvalue weighted by molar-refractivity contribution is -0.0754. The lowest BCUT2D eigenvalue weighted by Gasteiger charge is -2.28. The maximum absolute atomic E-state index is 12.1. The zero-order valence-corrected chi connectivity index (χ0v) is 18.6. The fourth-order valence-electron chi connectivity index (χ4n) is 2.75. The van der Waals surface area contributed by atoms with Crippen LogP contribution in [0.3, 0.4) is 0 Å². The highest BCUT2D eigenvalue weighted by Crippen LogP contribution is 2.66. The number of hydrogen-bond donors (Lipinski definition) is 7. The fraction of sp³-hybridized carbons (Fsp3) is 0.500. The molecule has 1 fully saturated rings. The molecule has 1 aliphatic heterocycles. The maximum atomic E-state index is 12.1. The van der Waals surface area contributed by atoms with Crippen LogP contribution in [0.25, 0.3) is 0 Å². The minimum Gasteiger partial charge on any atom is -0.387 e. The monoisotopic (exact) mass is 520 g/mol. The van der Waals surface area contributed by atoms with Gasteiger partial charge in [0.15, 0.2) is 11.8 Å². The summed E-state index contributed by atoms with van der Waals surface area (Å²) in [6.07, 6.45) is -0.144. The van der Waals surface area contributed by atoms with E-state index in [-0.39, 0.29) is 5.82 Å². The molecule has 2 rings (SSSR count). The number of ether oxygens (including phenoxy) is 1. The van der Waals surface area contributed by atoms with Gasteiger partial charge in [-0.05, 0) is 13.0 Å². The molecule has 0 saturated carbocycles. The Balaban J connectivity index is 2.27. The molecular weight excluding hydrogens is 501 g/mol. The van der Waals surface area contributed by atoms with Crippen LogP contribution in [0.4, 0.5) is 5.82 Å². The molecule has 3 unspecified atom stereocenters. The van der Waals surface area contributed by atoms with E-state index in [4.69, 9.17) is 32.4 Å². The lowest BCUT2D eigenvalue weighted by Crippen LogP contribution is -2.55. The predicted octanol–water partition coefficient (Wildman–Crippen LogP) is -1.85. The molecule has 1 aromatic heterocycles. The molecule has 0 aliphatic carbocycles. The van der Waals surface area contributed by atoms with Gasteiger partial charge in [0.25, 0.3) is 0 Å². The third-order valence-electron chi connectivity index (χ3n) is 4.03. The SMILES string of the molecule is C#CC1(N)[C@@H](O)[C@@H]([C@H](C)OP(=O)(O)OP(=O)(O)OP(=O)(O)O)O[C@H]1n1ccc(N)nc1=O. The first-order valence-electron chi connectivity index (χ1n) is 8.18. The maximum Gasteiger partial charge on any atom is 0.490 e. The standard InChI is InChI=1S/C12H19N4O13P3/c1-3-12(14)9(17)8(26-10(12)16-5-4-7(13)15-11(16)18)6(2)27-31(22,23)29-32(24,25)28-30(19,20)21/h1,4-6,8-10,17H,14H2,2H3,(H,22,23)(H,24,25)(H2,13,15,18)(H2,19,20,21)/t6-,8+,9-,10+,12?/m0/s1. The molecule has 17 nitrogen and oxygen atoms in total. The Hall–Kier alpha value is -1.47. The Bertz CT molecular complexity index is 1110. The molecule has 0 bridgehead atoms. The Morgan fingerprint density at radius 2 is 1.88 bits per heavy atom. The first-order valence-corrected chi connectivity index (χ1v) is 12.7. The summed E-state index contributed by atoms with van der Waals surface area (Å²) >= 11 is 0. The summed E-state index contributed by atoms with van der Waals surface area (Å²) in [5, 5.41) is 10.6. The fourth-order valence-corrected chi connectivity index (χ4v) is 5.95. The van der Waals surface area contributed by atoms with Crippen molar-refractivity contribution in [3.05, 3.63) is 22.7 Å². The molecule has 180 valence electrons. The molecule has 1 saturated heterocycles.